The van der Waals surface area contributed by atoms with Crippen LogP contribution in [0.2, 0.25) is 5.15 Å². The van der Waals surface area contributed by atoms with Crippen LogP contribution in [-0.4, -0.2) is 10.9 Å². The summed E-state index contributed by atoms with van der Waals surface area (Å²) in [6, 6.07) is 2.04. The van der Waals surface area contributed by atoms with Crippen LogP contribution >= 0.6 is 23.1 Å². The standard InChI is InChI=1S/C8H8ClN3S/c9-7-6(3-10)8(13-12-7)11-4-5-1-2-5/h5,11H,1-2,4H2. The van der Waals surface area contributed by atoms with Crippen LogP contribution in [0.1, 0.15) is 18.4 Å². The van der Waals surface area contributed by atoms with E-state index in [1.807, 2.05) is 6.07 Å². The Kier molecular flexibility index (Phi) is 2.38. The quantitative estimate of drug-likeness (QED) is 0.839. The summed E-state index contributed by atoms with van der Waals surface area (Å²) in [7, 11) is 0. The zero-order chi connectivity index (χ0) is 9.26. The molecule has 13 heavy (non-hydrogen) atoms. The lowest BCUT2D eigenvalue weighted by atomic mass is 10.3. The summed E-state index contributed by atoms with van der Waals surface area (Å²) in [5.41, 5.74) is 0.479. The van der Waals surface area contributed by atoms with E-state index in [2.05, 4.69) is 9.69 Å². The van der Waals surface area contributed by atoms with Gasteiger partial charge in [0, 0.05) is 6.54 Å². The molecule has 3 nitrogen and oxygen atoms in total. The molecule has 0 spiro atoms. The number of hydrogen-bond acceptors (Lipinski definition) is 4. The highest BCUT2D eigenvalue weighted by Crippen LogP contribution is 2.32. The van der Waals surface area contributed by atoms with Crippen LogP contribution in [0.25, 0.3) is 0 Å². The van der Waals surface area contributed by atoms with Crippen LogP contribution in [0.15, 0.2) is 0 Å². The Balaban J connectivity index is 2.05. The average molecular weight is 214 g/mol. The van der Waals surface area contributed by atoms with E-state index in [9.17, 15) is 0 Å². The molecular formula is C8H8ClN3S. The average Bonchev–Trinajstić information content (AvgIpc) is 2.88. The van der Waals surface area contributed by atoms with Crippen molar-refractivity contribution in [2.45, 2.75) is 12.8 Å². The van der Waals surface area contributed by atoms with Gasteiger partial charge in [-0.3, -0.25) is 0 Å². The van der Waals surface area contributed by atoms with Crippen molar-refractivity contribution in [1.82, 2.24) is 4.37 Å². The van der Waals surface area contributed by atoms with Gasteiger partial charge in [-0.25, -0.2) is 0 Å². The maximum atomic E-state index is 8.76. The SMILES string of the molecule is N#Cc1c(Cl)nsc1NCC1CC1. The number of nitrogens with zero attached hydrogens (tertiary/aromatic N) is 2. The molecule has 1 aliphatic rings. The molecular weight excluding hydrogens is 206 g/mol. The van der Waals surface area contributed by atoms with E-state index in [0.717, 1.165) is 17.5 Å². The van der Waals surface area contributed by atoms with Gasteiger partial charge in [0.1, 0.15) is 16.6 Å². The Morgan fingerprint density at radius 3 is 3.08 bits per heavy atom. The van der Waals surface area contributed by atoms with Crippen molar-refractivity contribution < 1.29 is 0 Å². The highest BCUT2D eigenvalue weighted by Gasteiger charge is 2.22. The van der Waals surface area contributed by atoms with Crippen LogP contribution in [0, 0.1) is 17.2 Å². The maximum absolute atomic E-state index is 8.76. The van der Waals surface area contributed by atoms with E-state index in [-0.39, 0.29) is 0 Å². The number of aromatic nitrogens is 1. The second-order valence-corrected chi connectivity index (χ2v) is 4.24. The van der Waals surface area contributed by atoms with Crippen LogP contribution in [-0.2, 0) is 0 Å². The Hall–Kier alpha value is -0.790. The molecule has 1 aliphatic carbocycles. The first-order valence-electron chi connectivity index (χ1n) is 4.10. The summed E-state index contributed by atoms with van der Waals surface area (Å²) in [6.07, 6.45) is 2.59. The number of halogens is 1. The molecule has 0 bridgehead atoms. The third-order valence-electron chi connectivity index (χ3n) is 2.01. The minimum Gasteiger partial charge on any atom is -0.374 e. The Bertz CT molecular complexity index is 351. The second-order valence-electron chi connectivity index (χ2n) is 3.11. The molecule has 1 aromatic rings. The molecule has 1 aromatic heterocycles. The van der Waals surface area contributed by atoms with Gasteiger partial charge in [-0.05, 0) is 30.3 Å². The topological polar surface area (TPSA) is 48.7 Å². The lowest BCUT2D eigenvalue weighted by molar-refractivity contribution is 0.892. The van der Waals surface area contributed by atoms with Gasteiger partial charge in [0.2, 0.25) is 0 Å². The normalized spacial score (nSPS) is 15.4. The third kappa shape index (κ3) is 1.93. The van der Waals surface area contributed by atoms with Crippen molar-refractivity contribution in [2.75, 3.05) is 11.9 Å². The highest BCUT2D eigenvalue weighted by molar-refractivity contribution is 7.10. The van der Waals surface area contributed by atoms with Gasteiger partial charge in [0.25, 0.3) is 0 Å². The molecule has 1 heterocycles. The monoisotopic (exact) mass is 213 g/mol. The summed E-state index contributed by atoms with van der Waals surface area (Å²) >= 11 is 6.97. The summed E-state index contributed by atoms with van der Waals surface area (Å²) in [5.74, 6) is 0.785. The fourth-order valence-corrected chi connectivity index (χ4v) is 1.99. The van der Waals surface area contributed by atoms with Gasteiger partial charge in [0.15, 0.2) is 5.15 Å². The predicted octanol–water partition coefficient (Wildman–Crippen LogP) is 2.49. The summed E-state index contributed by atoms with van der Waals surface area (Å²) in [6.45, 7) is 0.938. The van der Waals surface area contributed by atoms with Crippen LogP contribution in [0.3, 0.4) is 0 Å². The second kappa shape index (κ2) is 3.52. The summed E-state index contributed by atoms with van der Waals surface area (Å²) < 4.78 is 3.91. The molecule has 0 saturated heterocycles. The minimum atomic E-state index is 0.311. The largest absolute Gasteiger partial charge is 0.374 e. The van der Waals surface area contributed by atoms with Gasteiger partial charge in [-0.15, -0.1) is 0 Å². The van der Waals surface area contributed by atoms with Crippen LogP contribution < -0.4 is 5.32 Å². The van der Waals surface area contributed by atoms with Gasteiger partial charge >= 0.3 is 0 Å². The Morgan fingerprint density at radius 2 is 2.46 bits per heavy atom. The van der Waals surface area contributed by atoms with Crippen molar-refractivity contribution in [1.29, 1.82) is 5.26 Å². The zero-order valence-corrected chi connectivity index (χ0v) is 8.45. The fourth-order valence-electron chi connectivity index (χ4n) is 1.05. The third-order valence-corrected chi connectivity index (χ3v) is 3.19. The molecule has 0 aromatic carbocycles. The van der Waals surface area contributed by atoms with Crippen LogP contribution in [0.5, 0.6) is 0 Å². The van der Waals surface area contributed by atoms with Gasteiger partial charge in [-0.2, -0.15) is 9.64 Å². The lowest BCUT2D eigenvalue weighted by Gasteiger charge is -1.99. The number of nitriles is 1. The first kappa shape index (κ1) is 8.79. The molecule has 1 saturated carbocycles. The van der Waals surface area contributed by atoms with Gasteiger partial charge in [0.05, 0.1) is 0 Å². The smallest absolute Gasteiger partial charge is 0.162 e. The zero-order valence-electron chi connectivity index (χ0n) is 6.88. The van der Waals surface area contributed by atoms with E-state index in [4.69, 9.17) is 16.9 Å². The molecule has 0 atom stereocenters. The van der Waals surface area contributed by atoms with Crippen molar-refractivity contribution in [2.24, 2.45) is 5.92 Å². The summed E-state index contributed by atoms with van der Waals surface area (Å²) in [5, 5.41) is 13.1. The molecule has 2 rings (SSSR count). The van der Waals surface area contributed by atoms with Crippen molar-refractivity contribution in [3.05, 3.63) is 10.7 Å². The molecule has 0 radical (unpaired) electrons. The first-order valence-corrected chi connectivity index (χ1v) is 5.25. The molecule has 1 fully saturated rings. The summed E-state index contributed by atoms with van der Waals surface area (Å²) in [4.78, 5) is 0. The molecule has 68 valence electrons. The molecule has 0 amide bonds. The van der Waals surface area contributed by atoms with E-state index in [1.54, 1.807) is 0 Å². The number of nitrogens with one attached hydrogen (secondary N) is 1. The van der Waals surface area contributed by atoms with E-state index < -0.39 is 0 Å². The van der Waals surface area contributed by atoms with Crippen molar-refractivity contribution in [3.63, 3.8) is 0 Å². The van der Waals surface area contributed by atoms with E-state index in [0.29, 0.717) is 10.7 Å². The van der Waals surface area contributed by atoms with E-state index >= 15 is 0 Å². The number of hydrogen-bond donors (Lipinski definition) is 1. The predicted molar refractivity (Wildman–Crippen MR) is 53.1 cm³/mol. The molecule has 0 aliphatic heterocycles. The van der Waals surface area contributed by atoms with E-state index in [1.165, 1.54) is 24.4 Å². The van der Waals surface area contributed by atoms with Gasteiger partial charge in [-0.1, -0.05) is 11.6 Å². The first-order chi connectivity index (χ1) is 6.31. The van der Waals surface area contributed by atoms with Crippen molar-refractivity contribution >= 4 is 28.1 Å². The Labute approximate surface area is 85.5 Å². The minimum absolute atomic E-state index is 0.311. The lowest BCUT2D eigenvalue weighted by Crippen LogP contribution is -2.02. The number of anilines is 1. The van der Waals surface area contributed by atoms with Crippen molar-refractivity contribution in [3.8, 4) is 6.07 Å². The van der Waals surface area contributed by atoms with Crippen LogP contribution in [0.4, 0.5) is 5.00 Å². The van der Waals surface area contributed by atoms with Gasteiger partial charge < -0.3 is 5.32 Å². The molecule has 5 heteroatoms. The molecule has 0 unspecified atom stereocenters. The fraction of sp³-hybridized carbons (Fsp3) is 0.500. The maximum Gasteiger partial charge on any atom is 0.162 e. The Morgan fingerprint density at radius 1 is 1.69 bits per heavy atom. The highest BCUT2D eigenvalue weighted by atomic mass is 35.5. The molecule has 1 N–H and O–H groups in total. The number of rotatable bonds is 3.